The highest BCUT2D eigenvalue weighted by Gasteiger charge is 2.15. The fraction of sp³-hybridized carbons (Fsp3) is 0.316. The Labute approximate surface area is 150 Å². The number of rotatable bonds is 5. The molecule has 0 bridgehead atoms. The van der Waals surface area contributed by atoms with Gasteiger partial charge in [0.05, 0.1) is 11.3 Å². The van der Waals surface area contributed by atoms with Gasteiger partial charge >= 0.3 is 5.97 Å². The topological polar surface area (TPSA) is 72.5 Å². The Hall–Kier alpha value is -2.47. The molecule has 6 heteroatoms. The van der Waals surface area contributed by atoms with Gasteiger partial charge < -0.3 is 4.74 Å². The van der Waals surface area contributed by atoms with E-state index in [9.17, 15) is 14.4 Å². The molecule has 0 saturated carbocycles. The smallest absolute Gasteiger partial charge is 0.310 e. The van der Waals surface area contributed by atoms with Crippen LogP contribution in [-0.4, -0.2) is 24.4 Å². The second-order valence-electron chi connectivity index (χ2n) is 6.00. The van der Waals surface area contributed by atoms with Gasteiger partial charge in [-0.3, -0.25) is 19.7 Å². The van der Waals surface area contributed by atoms with E-state index in [-0.39, 0.29) is 6.42 Å². The van der Waals surface area contributed by atoms with Crippen LogP contribution in [0.3, 0.4) is 0 Å². The average molecular weight is 357 g/mol. The van der Waals surface area contributed by atoms with Gasteiger partial charge in [0, 0.05) is 0 Å². The molecule has 3 rings (SSSR count). The van der Waals surface area contributed by atoms with Crippen molar-refractivity contribution in [1.29, 1.82) is 0 Å². The maximum atomic E-state index is 11.9. The maximum Gasteiger partial charge on any atom is 0.310 e. The number of hydrogen-bond donors (Lipinski definition) is 1. The van der Waals surface area contributed by atoms with E-state index in [0.29, 0.717) is 4.88 Å². The lowest BCUT2D eigenvalue weighted by Crippen LogP contribution is -2.33. The van der Waals surface area contributed by atoms with Crippen molar-refractivity contribution < 1.29 is 19.1 Å². The second kappa shape index (κ2) is 8.07. The summed E-state index contributed by atoms with van der Waals surface area (Å²) in [6.07, 6.45) is 4.66. The van der Waals surface area contributed by atoms with E-state index in [1.807, 2.05) is 6.07 Å². The molecule has 0 fully saturated rings. The zero-order valence-corrected chi connectivity index (χ0v) is 14.6. The molecule has 1 N–H and O–H groups in total. The third-order valence-corrected chi connectivity index (χ3v) is 4.99. The first kappa shape index (κ1) is 17.4. The minimum absolute atomic E-state index is 0.124. The Morgan fingerprint density at radius 3 is 2.64 bits per heavy atom. The Morgan fingerprint density at radius 1 is 1.08 bits per heavy atom. The van der Waals surface area contributed by atoms with Crippen molar-refractivity contribution in [2.24, 2.45) is 0 Å². The number of aryl methyl sites for hydroxylation is 2. The average Bonchev–Trinajstić information content (AvgIpc) is 3.15. The van der Waals surface area contributed by atoms with Crippen LogP contribution in [0.1, 0.15) is 39.2 Å². The van der Waals surface area contributed by atoms with Gasteiger partial charge in [-0.05, 0) is 53.8 Å². The standard InChI is InChI=1S/C19H19NO4S/c21-17(20-19(23)16-6-3-9-25-16)12-24-18(22)11-13-7-8-14-4-1-2-5-15(14)10-13/h3,6-10H,1-2,4-5,11-12H2,(H,20,21,23). The van der Waals surface area contributed by atoms with E-state index >= 15 is 0 Å². The summed E-state index contributed by atoms with van der Waals surface area (Å²) in [6, 6.07) is 9.41. The third-order valence-electron chi connectivity index (χ3n) is 4.12. The molecule has 0 spiro atoms. The van der Waals surface area contributed by atoms with E-state index < -0.39 is 24.4 Å². The number of imide groups is 1. The summed E-state index contributed by atoms with van der Waals surface area (Å²) in [5.41, 5.74) is 3.55. The Balaban J connectivity index is 1.46. The molecule has 25 heavy (non-hydrogen) atoms. The minimum atomic E-state index is -0.628. The number of benzene rings is 1. The molecule has 2 aromatic rings. The van der Waals surface area contributed by atoms with Crippen LogP contribution in [0.25, 0.3) is 0 Å². The van der Waals surface area contributed by atoms with Gasteiger partial charge in [0.15, 0.2) is 6.61 Å². The summed E-state index contributed by atoms with van der Waals surface area (Å²) >= 11 is 1.24. The van der Waals surface area contributed by atoms with Crippen molar-refractivity contribution in [2.75, 3.05) is 6.61 Å². The number of amides is 2. The number of nitrogens with one attached hydrogen (secondary N) is 1. The minimum Gasteiger partial charge on any atom is -0.455 e. The van der Waals surface area contributed by atoms with Crippen LogP contribution in [0.4, 0.5) is 0 Å². The van der Waals surface area contributed by atoms with Gasteiger partial charge in [0.25, 0.3) is 11.8 Å². The van der Waals surface area contributed by atoms with Gasteiger partial charge in [0.2, 0.25) is 0 Å². The highest BCUT2D eigenvalue weighted by Crippen LogP contribution is 2.22. The predicted molar refractivity (Wildman–Crippen MR) is 94.5 cm³/mol. The van der Waals surface area contributed by atoms with Crippen LogP contribution in [0.15, 0.2) is 35.7 Å². The first-order valence-electron chi connectivity index (χ1n) is 8.26. The molecule has 1 aliphatic rings. The first-order valence-corrected chi connectivity index (χ1v) is 9.14. The number of esters is 1. The lowest BCUT2D eigenvalue weighted by molar-refractivity contribution is -0.147. The molecule has 1 aromatic carbocycles. The Bertz CT molecular complexity index is 783. The molecule has 1 aromatic heterocycles. The molecule has 0 aliphatic heterocycles. The summed E-state index contributed by atoms with van der Waals surface area (Å²) < 4.78 is 4.97. The summed E-state index contributed by atoms with van der Waals surface area (Å²) in [5, 5.41) is 3.95. The number of fused-ring (bicyclic) bond motifs is 1. The quantitative estimate of drug-likeness (QED) is 0.835. The molecule has 0 unspecified atom stereocenters. The van der Waals surface area contributed by atoms with Gasteiger partial charge in [-0.25, -0.2) is 0 Å². The van der Waals surface area contributed by atoms with E-state index in [2.05, 4.69) is 17.4 Å². The van der Waals surface area contributed by atoms with Crippen LogP contribution in [0.2, 0.25) is 0 Å². The van der Waals surface area contributed by atoms with Crippen LogP contribution in [-0.2, 0) is 33.6 Å². The van der Waals surface area contributed by atoms with E-state index in [4.69, 9.17) is 4.74 Å². The number of carbonyl (C=O) groups is 3. The van der Waals surface area contributed by atoms with Gasteiger partial charge in [-0.2, -0.15) is 0 Å². The summed E-state index contributed by atoms with van der Waals surface area (Å²) in [7, 11) is 0. The lowest BCUT2D eigenvalue weighted by atomic mass is 9.90. The number of ether oxygens (including phenoxy) is 1. The van der Waals surface area contributed by atoms with Crippen LogP contribution >= 0.6 is 11.3 Å². The molecule has 5 nitrogen and oxygen atoms in total. The van der Waals surface area contributed by atoms with Crippen LogP contribution in [0.5, 0.6) is 0 Å². The SMILES string of the molecule is O=C(COC(=O)Cc1ccc2c(c1)CCCC2)NC(=O)c1cccs1. The predicted octanol–water partition coefficient (Wildman–Crippen LogP) is 2.67. The van der Waals surface area contributed by atoms with Crippen molar-refractivity contribution in [1.82, 2.24) is 5.32 Å². The number of hydrogen-bond acceptors (Lipinski definition) is 5. The fourth-order valence-electron chi connectivity index (χ4n) is 2.89. The summed E-state index contributed by atoms with van der Waals surface area (Å²) in [5.74, 6) is -1.59. The maximum absolute atomic E-state index is 11.9. The van der Waals surface area contributed by atoms with Crippen molar-refractivity contribution in [3.05, 3.63) is 57.3 Å². The van der Waals surface area contributed by atoms with Crippen molar-refractivity contribution in [2.45, 2.75) is 32.1 Å². The molecular weight excluding hydrogens is 338 g/mol. The molecule has 2 amide bonds. The van der Waals surface area contributed by atoms with E-state index in [1.165, 1.54) is 35.3 Å². The molecule has 130 valence electrons. The van der Waals surface area contributed by atoms with Crippen LogP contribution < -0.4 is 5.32 Å². The zero-order chi connectivity index (χ0) is 17.6. The third kappa shape index (κ3) is 4.76. The largest absolute Gasteiger partial charge is 0.455 e. The molecule has 1 aliphatic carbocycles. The first-order chi connectivity index (χ1) is 12.1. The molecule has 0 atom stereocenters. The van der Waals surface area contributed by atoms with E-state index in [0.717, 1.165) is 18.4 Å². The second-order valence-corrected chi connectivity index (χ2v) is 6.95. The van der Waals surface area contributed by atoms with E-state index in [1.54, 1.807) is 17.5 Å². The highest BCUT2D eigenvalue weighted by molar-refractivity contribution is 7.12. The number of thiophene rings is 1. The van der Waals surface area contributed by atoms with Crippen molar-refractivity contribution >= 4 is 29.1 Å². The van der Waals surface area contributed by atoms with Crippen molar-refractivity contribution in [3.63, 3.8) is 0 Å². The molecule has 1 heterocycles. The monoisotopic (exact) mass is 357 g/mol. The summed E-state index contributed by atoms with van der Waals surface area (Å²) in [6.45, 7) is -0.457. The van der Waals surface area contributed by atoms with Gasteiger partial charge in [-0.15, -0.1) is 11.3 Å². The fourth-order valence-corrected chi connectivity index (χ4v) is 3.51. The lowest BCUT2D eigenvalue weighted by Gasteiger charge is -2.16. The number of carbonyl (C=O) groups excluding carboxylic acids is 3. The molecule has 0 saturated heterocycles. The van der Waals surface area contributed by atoms with Gasteiger partial charge in [-0.1, -0.05) is 24.3 Å². The normalized spacial score (nSPS) is 13.0. The Kier molecular flexibility index (Phi) is 5.60. The van der Waals surface area contributed by atoms with Crippen molar-refractivity contribution in [3.8, 4) is 0 Å². The zero-order valence-electron chi connectivity index (χ0n) is 13.7. The molecule has 0 radical (unpaired) electrons. The van der Waals surface area contributed by atoms with Gasteiger partial charge in [0.1, 0.15) is 0 Å². The highest BCUT2D eigenvalue weighted by atomic mass is 32.1. The Morgan fingerprint density at radius 2 is 1.88 bits per heavy atom. The van der Waals surface area contributed by atoms with Crippen LogP contribution in [0, 0.1) is 0 Å². The summed E-state index contributed by atoms with van der Waals surface area (Å²) in [4.78, 5) is 35.8. The molecular formula is C19H19NO4S.